The molecule has 3 nitrogen and oxygen atoms in total. The highest BCUT2D eigenvalue weighted by Gasteiger charge is 2.51. The minimum Gasteiger partial charge on any atom is -0.481 e. The molecule has 0 aliphatic heterocycles. The highest BCUT2D eigenvalue weighted by molar-refractivity contribution is 6.31. The maximum absolute atomic E-state index is 11.2. The van der Waals surface area contributed by atoms with Gasteiger partial charge in [-0.05, 0) is 18.9 Å². The Hall–Kier alpha value is -1.06. The zero-order valence-corrected chi connectivity index (χ0v) is 9.44. The molecule has 0 amide bonds. The van der Waals surface area contributed by atoms with Crippen LogP contribution in [0.1, 0.15) is 30.9 Å². The van der Waals surface area contributed by atoms with Gasteiger partial charge in [-0.15, -0.1) is 0 Å². The fraction of sp³-hybridized carbons (Fsp3) is 0.417. The third-order valence-electron chi connectivity index (χ3n) is 3.39. The Kier molecular flexibility index (Phi) is 2.91. The lowest BCUT2D eigenvalue weighted by Crippen LogP contribution is -2.43. The monoisotopic (exact) mass is 240 g/mol. The number of aliphatic hydroxyl groups excluding tert-OH is 1. The highest BCUT2D eigenvalue weighted by atomic mass is 35.5. The van der Waals surface area contributed by atoms with Crippen LogP contribution in [0.5, 0.6) is 0 Å². The summed E-state index contributed by atoms with van der Waals surface area (Å²) >= 11 is 5.96. The molecular weight excluding hydrogens is 228 g/mol. The number of carbonyl (C=O) groups is 1. The Labute approximate surface area is 98.7 Å². The average Bonchev–Trinajstić information content (AvgIpc) is 2.15. The third kappa shape index (κ3) is 1.60. The van der Waals surface area contributed by atoms with Crippen molar-refractivity contribution in [3.8, 4) is 0 Å². The van der Waals surface area contributed by atoms with E-state index in [-0.39, 0.29) is 0 Å². The van der Waals surface area contributed by atoms with Gasteiger partial charge in [0.25, 0.3) is 0 Å². The van der Waals surface area contributed by atoms with Crippen LogP contribution in [0.15, 0.2) is 24.3 Å². The zero-order valence-electron chi connectivity index (χ0n) is 8.69. The van der Waals surface area contributed by atoms with E-state index in [1.165, 1.54) is 0 Å². The van der Waals surface area contributed by atoms with Gasteiger partial charge in [0.05, 0.1) is 11.5 Å². The van der Waals surface area contributed by atoms with Gasteiger partial charge in [0, 0.05) is 10.6 Å². The van der Waals surface area contributed by atoms with Crippen molar-refractivity contribution in [1.29, 1.82) is 0 Å². The molecule has 1 saturated carbocycles. The number of carboxylic acids is 1. The molecule has 0 aromatic heterocycles. The summed E-state index contributed by atoms with van der Waals surface area (Å²) in [5.74, 6) is -0.939. The van der Waals surface area contributed by atoms with Gasteiger partial charge in [-0.2, -0.15) is 0 Å². The van der Waals surface area contributed by atoms with E-state index in [1.807, 2.05) is 0 Å². The lowest BCUT2D eigenvalue weighted by atomic mass is 9.63. The van der Waals surface area contributed by atoms with Gasteiger partial charge in [-0.25, -0.2) is 0 Å². The lowest BCUT2D eigenvalue weighted by Gasteiger charge is -2.41. The number of hydrogen-bond donors (Lipinski definition) is 2. The smallest absolute Gasteiger partial charge is 0.312 e. The summed E-state index contributed by atoms with van der Waals surface area (Å²) in [7, 11) is 0. The molecule has 0 heterocycles. The van der Waals surface area contributed by atoms with Crippen molar-refractivity contribution < 1.29 is 15.0 Å². The number of aliphatic carboxylic acids is 1. The molecule has 1 unspecified atom stereocenters. The van der Waals surface area contributed by atoms with Gasteiger partial charge in [-0.1, -0.05) is 36.2 Å². The molecule has 1 aromatic carbocycles. The van der Waals surface area contributed by atoms with Crippen LogP contribution in [-0.2, 0) is 4.79 Å². The van der Waals surface area contributed by atoms with Crippen LogP contribution in [0.3, 0.4) is 0 Å². The van der Waals surface area contributed by atoms with Gasteiger partial charge in [0.1, 0.15) is 0 Å². The molecule has 0 saturated heterocycles. The second-order valence-corrected chi connectivity index (χ2v) is 4.65. The highest BCUT2D eigenvalue weighted by Crippen LogP contribution is 2.51. The molecule has 0 spiro atoms. The first kappa shape index (κ1) is 11.4. The van der Waals surface area contributed by atoms with Gasteiger partial charge >= 0.3 is 5.97 Å². The summed E-state index contributed by atoms with van der Waals surface area (Å²) in [5.41, 5.74) is -0.531. The standard InChI is InChI=1S/C12H13ClO3/c13-9-5-2-1-4-8(9)10(14)12(11(15)16)6-3-7-12/h1-2,4-5,10,14H,3,6-7H2,(H,15,16). The van der Waals surface area contributed by atoms with Crippen LogP contribution in [0.25, 0.3) is 0 Å². The number of halogens is 1. The Balaban J connectivity index is 2.35. The van der Waals surface area contributed by atoms with Gasteiger partial charge < -0.3 is 10.2 Å². The summed E-state index contributed by atoms with van der Waals surface area (Å²) in [5, 5.41) is 19.8. The number of rotatable bonds is 3. The summed E-state index contributed by atoms with van der Waals surface area (Å²) < 4.78 is 0. The molecule has 1 aromatic rings. The minimum absolute atomic E-state index is 0.419. The van der Waals surface area contributed by atoms with Crippen molar-refractivity contribution in [2.24, 2.45) is 5.41 Å². The largest absolute Gasteiger partial charge is 0.481 e. The molecule has 4 heteroatoms. The SMILES string of the molecule is O=C(O)C1(C(O)c2ccccc2Cl)CCC1. The third-order valence-corrected chi connectivity index (χ3v) is 3.74. The summed E-state index contributed by atoms with van der Waals surface area (Å²) in [6, 6.07) is 6.84. The van der Waals surface area contributed by atoms with E-state index in [0.717, 1.165) is 6.42 Å². The molecule has 2 N–H and O–H groups in total. The summed E-state index contributed by atoms with van der Waals surface area (Å²) in [4.78, 5) is 11.2. The van der Waals surface area contributed by atoms with E-state index >= 15 is 0 Å². The van der Waals surface area contributed by atoms with Crippen LogP contribution < -0.4 is 0 Å². The van der Waals surface area contributed by atoms with Gasteiger partial charge in [0.2, 0.25) is 0 Å². The lowest BCUT2D eigenvalue weighted by molar-refractivity contribution is -0.166. The molecule has 1 aliphatic carbocycles. The van der Waals surface area contributed by atoms with Crippen molar-refractivity contribution in [1.82, 2.24) is 0 Å². The maximum atomic E-state index is 11.2. The summed E-state index contributed by atoms with van der Waals surface area (Å²) in [6.45, 7) is 0. The zero-order chi connectivity index (χ0) is 11.8. The molecule has 1 aliphatic rings. The second kappa shape index (κ2) is 4.07. The van der Waals surface area contributed by atoms with E-state index in [1.54, 1.807) is 24.3 Å². The molecule has 16 heavy (non-hydrogen) atoms. The predicted molar refractivity (Wildman–Crippen MR) is 60.3 cm³/mol. The van der Waals surface area contributed by atoms with Crippen LogP contribution in [0.4, 0.5) is 0 Å². The van der Waals surface area contributed by atoms with Crippen molar-refractivity contribution in [2.45, 2.75) is 25.4 Å². The van der Waals surface area contributed by atoms with E-state index in [2.05, 4.69) is 0 Å². The molecule has 1 atom stereocenters. The van der Waals surface area contributed by atoms with Crippen molar-refractivity contribution >= 4 is 17.6 Å². The Bertz CT molecular complexity index is 412. The normalized spacial score (nSPS) is 19.9. The Morgan fingerprint density at radius 1 is 1.38 bits per heavy atom. The first-order valence-electron chi connectivity index (χ1n) is 5.24. The van der Waals surface area contributed by atoms with Crippen LogP contribution in [0.2, 0.25) is 5.02 Å². The molecule has 2 rings (SSSR count). The quantitative estimate of drug-likeness (QED) is 0.854. The minimum atomic E-state index is -1.04. The first-order chi connectivity index (χ1) is 7.58. The predicted octanol–water partition coefficient (Wildman–Crippen LogP) is 2.63. The van der Waals surface area contributed by atoms with Crippen molar-refractivity contribution in [3.63, 3.8) is 0 Å². The molecule has 0 bridgehead atoms. The van der Waals surface area contributed by atoms with Crippen molar-refractivity contribution in [3.05, 3.63) is 34.9 Å². The molecular formula is C12H13ClO3. The van der Waals surface area contributed by atoms with E-state index in [0.29, 0.717) is 23.4 Å². The summed E-state index contributed by atoms with van der Waals surface area (Å²) in [6.07, 6.45) is 0.838. The Morgan fingerprint density at radius 3 is 2.44 bits per heavy atom. The van der Waals surface area contributed by atoms with E-state index in [9.17, 15) is 15.0 Å². The van der Waals surface area contributed by atoms with Gasteiger partial charge in [0.15, 0.2) is 0 Å². The average molecular weight is 241 g/mol. The number of carboxylic acid groups (broad SMARTS) is 1. The molecule has 0 radical (unpaired) electrons. The van der Waals surface area contributed by atoms with Crippen LogP contribution in [-0.4, -0.2) is 16.2 Å². The number of benzene rings is 1. The topological polar surface area (TPSA) is 57.5 Å². The first-order valence-corrected chi connectivity index (χ1v) is 5.61. The number of hydrogen-bond acceptors (Lipinski definition) is 2. The number of aliphatic hydroxyl groups is 1. The molecule has 1 fully saturated rings. The fourth-order valence-corrected chi connectivity index (χ4v) is 2.40. The van der Waals surface area contributed by atoms with Crippen LogP contribution >= 0.6 is 11.6 Å². The van der Waals surface area contributed by atoms with Crippen LogP contribution in [0, 0.1) is 5.41 Å². The van der Waals surface area contributed by atoms with E-state index < -0.39 is 17.5 Å². The fourth-order valence-electron chi connectivity index (χ4n) is 2.16. The Morgan fingerprint density at radius 2 is 2.00 bits per heavy atom. The van der Waals surface area contributed by atoms with Crippen molar-refractivity contribution in [2.75, 3.05) is 0 Å². The molecule has 86 valence electrons. The van der Waals surface area contributed by atoms with E-state index in [4.69, 9.17) is 11.6 Å². The van der Waals surface area contributed by atoms with Gasteiger partial charge in [-0.3, -0.25) is 4.79 Å². The second-order valence-electron chi connectivity index (χ2n) is 4.24. The maximum Gasteiger partial charge on any atom is 0.312 e.